The summed E-state index contributed by atoms with van der Waals surface area (Å²) >= 11 is 0. The van der Waals surface area contributed by atoms with Gasteiger partial charge in [-0.25, -0.2) is 0 Å². The molecule has 0 fully saturated rings. The first kappa shape index (κ1) is 61.1. The summed E-state index contributed by atoms with van der Waals surface area (Å²) in [6.45, 7) is 6.67. The maximum atomic E-state index is 12.8. The Hall–Kier alpha value is -1.85. The average Bonchev–Trinajstić information content (AvgIpc) is 3.28. The van der Waals surface area contributed by atoms with Gasteiger partial charge in [-0.15, -0.1) is 0 Å². The van der Waals surface area contributed by atoms with Crippen LogP contribution in [0.2, 0.25) is 0 Å². The van der Waals surface area contributed by atoms with Crippen LogP contribution in [0.3, 0.4) is 0 Å². The first-order valence-corrected chi connectivity index (χ1v) is 28.2. The molecule has 0 amide bonds. The molecule has 0 aromatic heterocycles. The molecule has 1 atom stereocenters. The van der Waals surface area contributed by atoms with Crippen molar-refractivity contribution >= 4 is 17.9 Å². The van der Waals surface area contributed by atoms with E-state index in [-0.39, 0.29) is 31.1 Å². The maximum absolute atomic E-state index is 12.8. The molecule has 0 aliphatic rings. The van der Waals surface area contributed by atoms with Gasteiger partial charge >= 0.3 is 17.9 Å². The number of hydrogen-bond acceptors (Lipinski definition) is 6. The Morgan fingerprint density at radius 2 is 0.524 bits per heavy atom. The van der Waals surface area contributed by atoms with Crippen molar-refractivity contribution in [1.82, 2.24) is 0 Å². The first-order valence-electron chi connectivity index (χ1n) is 28.2. The molecule has 6 heteroatoms. The lowest BCUT2D eigenvalue weighted by atomic mass is 10.0. The van der Waals surface area contributed by atoms with Crippen LogP contribution in [-0.4, -0.2) is 37.2 Å². The highest BCUT2D eigenvalue weighted by atomic mass is 16.6. The van der Waals surface area contributed by atoms with E-state index in [4.69, 9.17) is 14.2 Å². The minimum Gasteiger partial charge on any atom is -0.462 e. The van der Waals surface area contributed by atoms with E-state index < -0.39 is 6.10 Å². The van der Waals surface area contributed by atoms with Gasteiger partial charge in [0, 0.05) is 19.3 Å². The highest BCUT2D eigenvalue weighted by molar-refractivity contribution is 5.71. The van der Waals surface area contributed by atoms with E-state index in [1.807, 2.05) is 0 Å². The molecule has 0 spiro atoms. The molecule has 0 aromatic carbocycles. The third-order valence-electron chi connectivity index (χ3n) is 12.8. The monoisotopic (exact) mass is 889 g/mol. The molecule has 6 nitrogen and oxygen atoms in total. The minimum atomic E-state index is -0.767. The van der Waals surface area contributed by atoms with Crippen molar-refractivity contribution in [3.8, 4) is 0 Å². The Balaban J connectivity index is 4.31. The second kappa shape index (κ2) is 52.8. The van der Waals surface area contributed by atoms with Crippen LogP contribution in [-0.2, 0) is 28.6 Å². The molecule has 0 saturated carbocycles. The zero-order chi connectivity index (χ0) is 45.8. The van der Waals surface area contributed by atoms with Gasteiger partial charge in [0.25, 0.3) is 0 Å². The lowest BCUT2D eigenvalue weighted by Crippen LogP contribution is -2.30. The van der Waals surface area contributed by atoms with E-state index in [0.29, 0.717) is 19.3 Å². The predicted molar refractivity (Wildman–Crippen MR) is 270 cm³/mol. The molecule has 0 heterocycles. The Kier molecular flexibility index (Phi) is 51.2. The summed E-state index contributed by atoms with van der Waals surface area (Å²) in [7, 11) is 0. The molecule has 0 aromatic rings. The van der Waals surface area contributed by atoms with Gasteiger partial charge < -0.3 is 14.2 Å². The summed E-state index contributed by atoms with van der Waals surface area (Å²) in [6.07, 6.45) is 59.1. The SMILES string of the molecule is CCCCCC/C=C/CCCCCCCC(=O)OC[C@H](COC(=O)CCCCCCCCCCCCCCCCCC)OC(=O)CCCCCCCCCCCCCCCCCC. The topological polar surface area (TPSA) is 78.9 Å². The van der Waals surface area contributed by atoms with Gasteiger partial charge in [-0.05, 0) is 44.9 Å². The van der Waals surface area contributed by atoms with Crippen molar-refractivity contribution in [2.24, 2.45) is 0 Å². The summed E-state index contributed by atoms with van der Waals surface area (Å²) in [5, 5.41) is 0. The number of esters is 3. The van der Waals surface area contributed by atoms with Gasteiger partial charge in [-0.2, -0.15) is 0 Å². The van der Waals surface area contributed by atoms with Crippen LogP contribution in [0.15, 0.2) is 12.2 Å². The van der Waals surface area contributed by atoms with E-state index in [1.165, 1.54) is 212 Å². The molecule has 372 valence electrons. The number of carbonyl (C=O) groups excluding carboxylic acids is 3. The van der Waals surface area contributed by atoms with Crippen LogP contribution in [0.5, 0.6) is 0 Å². The predicted octanol–water partition coefficient (Wildman–Crippen LogP) is 18.5. The first-order chi connectivity index (χ1) is 31.0. The molecule has 0 saturated heterocycles. The zero-order valence-electron chi connectivity index (χ0n) is 42.6. The van der Waals surface area contributed by atoms with Crippen molar-refractivity contribution in [3.63, 3.8) is 0 Å². The third-order valence-corrected chi connectivity index (χ3v) is 12.8. The second-order valence-corrected chi connectivity index (χ2v) is 19.2. The van der Waals surface area contributed by atoms with Gasteiger partial charge in [0.05, 0.1) is 0 Å². The number of rotatable bonds is 52. The van der Waals surface area contributed by atoms with Crippen LogP contribution >= 0.6 is 0 Å². The maximum Gasteiger partial charge on any atom is 0.306 e. The molecular formula is C57H108O6. The van der Waals surface area contributed by atoms with Gasteiger partial charge in [0.1, 0.15) is 13.2 Å². The van der Waals surface area contributed by atoms with Crippen molar-refractivity contribution in [2.45, 2.75) is 322 Å². The molecule has 63 heavy (non-hydrogen) atoms. The normalized spacial score (nSPS) is 12.0. The summed E-state index contributed by atoms with van der Waals surface area (Å²) in [6, 6.07) is 0. The number of unbranched alkanes of at least 4 members (excludes halogenated alkanes) is 39. The standard InChI is InChI=1S/C57H108O6/c1-4-7-10-13-16-19-22-25-27-29-32-35-38-41-44-47-50-56(59)62-53-54(52-61-55(58)49-46-43-40-37-34-31-24-21-18-15-12-9-6-3)63-57(60)51-48-45-42-39-36-33-30-28-26-23-20-17-14-11-8-5-2/h21,24,54H,4-20,22-23,25-53H2,1-3H3/b24-21+/t54-/m1/s1. The number of allylic oxidation sites excluding steroid dienone is 2. The molecule has 0 rings (SSSR count). The summed E-state index contributed by atoms with van der Waals surface area (Å²) in [4.78, 5) is 38.1. The van der Waals surface area contributed by atoms with Crippen molar-refractivity contribution in [1.29, 1.82) is 0 Å². The van der Waals surface area contributed by atoms with Crippen LogP contribution in [0.4, 0.5) is 0 Å². The summed E-state index contributed by atoms with van der Waals surface area (Å²) < 4.78 is 16.9. The third kappa shape index (κ3) is 51.0. The zero-order valence-corrected chi connectivity index (χ0v) is 42.6. The Morgan fingerprint density at radius 3 is 0.810 bits per heavy atom. The molecule has 0 N–H and O–H groups in total. The molecule has 0 unspecified atom stereocenters. The van der Waals surface area contributed by atoms with Crippen LogP contribution in [0, 0.1) is 0 Å². The van der Waals surface area contributed by atoms with Gasteiger partial charge in [0.15, 0.2) is 6.10 Å². The number of ether oxygens (including phenoxy) is 3. The molecular weight excluding hydrogens is 781 g/mol. The summed E-state index contributed by atoms with van der Waals surface area (Å²) in [5.74, 6) is -0.853. The fourth-order valence-corrected chi connectivity index (χ4v) is 8.50. The van der Waals surface area contributed by atoms with E-state index in [2.05, 4.69) is 32.9 Å². The average molecular weight is 889 g/mol. The second-order valence-electron chi connectivity index (χ2n) is 19.2. The fraction of sp³-hybridized carbons (Fsp3) is 0.912. The van der Waals surface area contributed by atoms with E-state index in [1.54, 1.807) is 0 Å². The van der Waals surface area contributed by atoms with Crippen molar-refractivity contribution < 1.29 is 28.6 Å². The lowest BCUT2D eigenvalue weighted by molar-refractivity contribution is -0.167. The number of hydrogen-bond donors (Lipinski definition) is 0. The van der Waals surface area contributed by atoms with E-state index in [9.17, 15) is 14.4 Å². The van der Waals surface area contributed by atoms with Crippen LogP contribution < -0.4 is 0 Å². The molecule has 0 aliphatic carbocycles. The van der Waals surface area contributed by atoms with Crippen molar-refractivity contribution in [2.75, 3.05) is 13.2 Å². The fourth-order valence-electron chi connectivity index (χ4n) is 8.50. The summed E-state index contributed by atoms with van der Waals surface area (Å²) in [5.41, 5.74) is 0. The highest BCUT2D eigenvalue weighted by Gasteiger charge is 2.19. The molecule has 0 bridgehead atoms. The Bertz CT molecular complexity index is 978. The Morgan fingerprint density at radius 1 is 0.302 bits per heavy atom. The van der Waals surface area contributed by atoms with Crippen LogP contribution in [0.25, 0.3) is 0 Å². The van der Waals surface area contributed by atoms with E-state index >= 15 is 0 Å². The minimum absolute atomic E-state index is 0.0666. The quantitative estimate of drug-likeness (QED) is 0.0262. The Labute approximate surface area is 392 Å². The lowest BCUT2D eigenvalue weighted by Gasteiger charge is -2.18. The smallest absolute Gasteiger partial charge is 0.306 e. The number of carbonyl (C=O) groups is 3. The molecule has 0 aliphatic heterocycles. The van der Waals surface area contributed by atoms with Crippen LogP contribution in [0.1, 0.15) is 316 Å². The molecule has 0 radical (unpaired) electrons. The largest absolute Gasteiger partial charge is 0.462 e. The highest BCUT2D eigenvalue weighted by Crippen LogP contribution is 2.17. The van der Waals surface area contributed by atoms with Crippen molar-refractivity contribution in [3.05, 3.63) is 12.2 Å². The van der Waals surface area contributed by atoms with Gasteiger partial charge in [0.2, 0.25) is 0 Å². The van der Waals surface area contributed by atoms with E-state index in [0.717, 1.165) is 64.2 Å². The van der Waals surface area contributed by atoms with Gasteiger partial charge in [-0.3, -0.25) is 14.4 Å². The van der Waals surface area contributed by atoms with Gasteiger partial charge in [-0.1, -0.05) is 264 Å².